The molecule has 0 spiro atoms. The first-order chi connectivity index (χ1) is 9.41. The van der Waals surface area contributed by atoms with E-state index in [0.717, 1.165) is 4.88 Å². The first-order valence-electron chi connectivity index (χ1n) is 6.45. The van der Waals surface area contributed by atoms with Crippen molar-refractivity contribution in [3.05, 3.63) is 21.3 Å². The number of amidine groups is 1. The summed E-state index contributed by atoms with van der Waals surface area (Å²) in [5.74, 6) is -0.300. The largest absolute Gasteiger partial charge is 0.409 e. The summed E-state index contributed by atoms with van der Waals surface area (Å²) in [6.45, 7) is 5.56. The van der Waals surface area contributed by atoms with Crippen LogP contribution in [-0.2, 0) is 4.79 Å². The molecule has 4 N–H and O–H groups in total. The van der Waals surface area contributed by atoms with Crippen molar-refractivity contribution in [3.63, 3.8) is 0 Å². The summed E-state index contributed by atoms with van der Waals surface area (Å²) in [5, 5.41) is 14.8. The van der Waals surface area contributed by atoms with Crippen molar-refractivity contribution in [1.82, 2.24) is 5.32 Å². The summed E-state index contributed by atoms with van der Waals surface area (Å²) in [7, 11) is 0. The van der Waals surface area contributed by atoms with Gasteiger partial charge in [0.2, 0.25) is 5.91 Å². The monoisotopic (exact) mass is 317 g/mol. The second-order valence-corrected chi connectivity index (χ2v) is 6.36. The summed E-state index contributed by atoms with van der Waals surface area (Å²) in [6, 6.07) is 3.49. The minimum Gasteiger partial charge on any atom is -0.409 e. The predicted octanol–water partition coefficient (Wildman–Crippen LogP) is 3.13. The van der Waals surface area contributed by atoms with Crippen molar-refractivity contribution in [2.24, 2.45) is 16.3 Å². The van der Waals surface area contributed by atoms with E-state index in [2.05, 4.69) is 10.5 Å². The van der Waals surface area contributed by atoms with Gasteiger partial charge in [0.05, 0.1) is 10.4 Å². The van der Waals surface area contributed by atoms with Gasteiger partial charge in [-0.05, 0) is 31.9 Å². The molecule has 0 bridgehead atoms. The number of carbonyl (C=O) groups is 1. The number of amides is 1. The van der Waals surface area contributed by atoms with Crippen LogP contribution in [0.5, 0.6) is 0 Å². The Morgan fingerprint density at radius 2 is 2.15 bits per heavy atom. The minimum atomic E-state index is -0.982. The van der Waals surface area contributed by atoms with E-state index in [9.17, 15) is 4.79 Å². The lowest BCUT2D eigenvalue weighted by Crippen LogP contribution is -2.49. The smallest absolute Gasteiger partial charge is 0.234 e. The molecule has 20 heavy (non-hydrogen) atoms. The maximum atomic E-state index is 12.5. The number of thiophene rings is 1. The predicted molar refractivity (Wildman–Crippen MR) is 82.3 cm³/mol. The van der Waals surface area contributed by atoms with Crippen molar-refractivity contribution in [2.75, 3.05) is 0 Å². The fraction of sp³-hybridized carbons (Fsp3) is 0.538. The highest BCUT2D eigenvalue weighted by Crippen LogP contribution is 2.30. The normalized spacial score (nSPS) is 14.1. The molecule has 0 aromatic carbocycles. The Balaban J connectivity index is 2.92. The number of hydrogen-bond acceptors (Lipinski definition) is 4. The van der Waals surface area contributed by atoms with Crippen molar-refractivity contribution in [2.45, 2.75) is 39.7 Å². The van der Waals surface area contributed by atoms with Crippen molar-refractivity contribution >= 4 is 34.7 Å². The van der Waals surface area contributed by atoms with Crippen LogP contribution in [0.25, 0.3) is 0 Å². The van der Waals surface area contributed by atoms with Gasteiger partial charge in [-0.1, -0.05) is 30.6 Å². The number of oxime groups is 1. The van der Waals surface area contributed by atoms with Gasteiger partial charge in [-0.25, -0.2) is 0 Å². The Morgan fingerprint density at radius 3 is 2.55 bits per heavy atom. The van der Waals surface area contributed by atoms with E-state index in [1.165, 1.54) is 11.3 Å². The third-order valence-corrected chi connectivity index (χ3v) is 5.02. The van der Waals surface area contributed by atoms with E-state index in [-0.39, 0.29) is 17.8 Å². The summed E-state index contributed by atoms with van der Waals surface area (Å²) in [6.07, 6.45) is 0.923. The van der Waals surface area contributed by atoms with Gasteiger partial charge in [0.25, 0.3) is 0 Å². The van der Waals surface area contributed by atoms with Gasteiger partial charge in [-0.15, -0.1) is 11.3 Å². The maximum Gasteiger partial charge on any atom is 0.234 e. The van der Waals surface area contributed by atoms with Gasteiger partial charge in [0.1, 0.15) is 5.41 Å². The molecule has 1 unspecified atom stereocenters. The fourth-order valence-electron chi connectivity index (χ4n) is 2.11. The molecular weight excluding hydrogens is 298 g/mol. The highest BCUT2D eigenvalue weighted by Gasteiger charge is 2.40. The zero-order chi connectivity index (χ0) is 15.3. The maximum absolute atomic E-state index is 12.5. The summed E-state index contributed by atoms with van der Waals surface area (Å²) in [5.41, 5.74) is 4.73. The standard InChI is InChI=1S/C13H20ClN3O2S/c1-4-13(5-2,11(15)17-19)12(18)16-8(3)9-6-7-10(14)20-9/h6-8,19H,4-5H2,1-3H3,(H2,15,17)(H,16,18). The third-order valence-electron chi connectivity index (χ3n) is 3.61. The molecule has 0 aliphatic rings. The van der Waals surface area contributed by atoms with E-state index in [0.29, 0.717) is 17.2 Å². The van der Waals surface area contributed by atoms with Crippen LogP contribution >= 0.6 is 22.9 Å². The van der Waals surface area contributed by atoms with Gasteiger partial charge in [0, 0.05) is 4.88 Å². The van der Waals surface area contributed by atoms with E-state index >= 15 is 0 Å². The van der Waals surface area contributed by atoms with Crippen molar-refractivity contribution < 1.29 is 10.0 Å². The molecule has 5 nitrogen and oxygen atoms in total. The lowest BCUT2D eigenvalue weighted by molar-refractivity contribution is -0.128. The number of carbonyl (C=O) groups excluding carboxylic acids is 1. The lowest BCUT2D eigenvalue weighted by Gasteiger charge is -2.30. The summed E-state index contributed by atoms with van der Waals surface area (Å²) >= 11 is 7.31. The van der Waals surface area contributed by atoms with Gasteiger partial charge in [0.15, 0.2) is 5.84 Å². The highest BCUT2D eigenvalue weighted by molar-refractivity contribution is 7.16. The van der Waals surface area contributed by atoms with Crippen molar-refractivity contribution in [1.29, 1.82) is 0 Å². The third kappa shape index (κ3) is 3.24. The number of hydrogen-bond donors (Lipinski definition) is 3. The second-order valence-electron chi connectivity index (χ2n) is 4.61. The molecule has 1 atom stereocenters. The molecular formula is C13H20ClN3O2S. The second kappa shape index (κ2) is 6.95. The Morgan fingerprint density at radius 1 is 1.55 bits per heavy atom. The molecule has 0 saturated heterocycles. The molecule has 0 radical (unpaired) electrons. The Labute approximate surface area is 127 Å². The van der Waals surface area contributed by atoms with Gasteiger partial charge in [-0.3, -0.25) is 4.79 Å². The molecule has 112 valence electrons. The number of nitrogens with zero attached hydrogens (tertiary/aromatic N) is 1. The SMILES string of the molecule is CCC(CC)(C(=O)NC(C)c1ccc(Cl)s1)C(N)=NO. The highest BCUT2D eigenvalue weighted by atomic mass is 35.5. The molecule has 0 aliphatic carbocycles. The van der Waals surface area contributed by atoms with Crippen LogP contribution in [0.3, 0.4) is 0 Å². The topological polar surface area (TPSA) is 87.7 Å². The first-order valence-corrected chi connectivity index (χ1v) is 7.64. The van der Waals surface area contributed by atoms with E-state index in [1.54, 1.807) is 6.07 Å². The number of nitrogens with one attached hydrogen (secondary N) is 1. The average molecular weight is 318 g/mol. The van der Waals surface area contributed by atoms with Crippen LogP contribution in [0.2, 0.25) is 4.34 Å². The van der Waals surface area contributed by atoms with Crippen LogP contribution in [0.15, 0.2) is 17.3 Å². The van der Waals surface area contributed by atoms with Crippen LogP contribution in [0.1, 0.15) is 44.5 Å². The summed E-state index contributed by atoms with van der Waals surface area (Å²) in [4.78, 5) is 13.5. The Hall–Kier alpha value is -1.27. The zero-order valence-electron chi connectivity index (χ0n) is 11.8. The average Bonchev–Trinajstić information content (AvgIpc) is 2.87. The van der Waals surface area contributed by atoms with Crippen LogP contribution in [0.4, 0.5) is 0 Å². The molecule has 0 saturated carbocycles. The van der Waals surface area contributed by atoms with Crippen LogP contribution in [-0.4, -0.2) is 17.0 Å². The number of nitrogens with two attached hydrogens (primary N) is 1. The molecule has 1 rings (SSSR count). The van der Waals surface area contributed by atoms with Gasteiger partial charge >= 0.3 is 0 Å². The first kappa shape index (κ1) is 16.8. The summed E-state index contributed by atoms with van der Waals surface area (Å²) < 4.78 is 0.676. The molecule has 1 aromatic heterocycles. The Bertz CT molecular complexity index is 498. The van der Waals surface area contributed by atoms with Gasteiger partial charge < -0.3 is 16.3 Å². The van der Waals surface area contributed by atoms with E-state index in [4.69, 9.17) is 22.5 Å². The quantitative estimate of drug-likeness (QED) is 0.326. The molecule has 7 heteroatoms. The molecule has 0 aliphatic heterocycles. The molecule has 1 heterocycles. The van der Waals surface area contributed by atoms with Crippen LogP contribution in [0, 0.1) is 5.41 Å². The number of rotatable bonds is 6. The number of halogens is 1. The van der Waals surface area contributed by atoms with Crippen LogP contribution < -0.4 is 11.1 Å². The van der Waals surface area contributed by atoms with E-state index < -0.39 is 5.41 Å². The van der Waals surface area contributed by atoms with E-state index in [1.807, 2.05) is 26.8 Å². The molecule has 1 aromatic rings. The zero-order valence-corrected chi connectivity index (χ0v) is 13.4. The molecule has 0 fully saturated rings. The van der Waals surface area contributed by atoms with Crippen molar-refractivity contribution in [3.8, 4) is 0 Å². The lowest BCUT2D eigenvalue weighted by atomic mass is 9.80. The fourth-order valence-corrected chi connectivity index (χ4v) is 3.18. The minimum absolute atomic E-state index is 0.0589. The van der Waals surface area contributed by atoms with Gasteiger partial charge in [-0.2, -0.15) is 0 Å². The Kier molecular flexibility index (Phi) is 5.83. The molecule has 1 amide bonds.